The second-order valence-corrected chi connectivity index (χ2v) is 4.82. The van der Waals surface area contributed by atoms with Gasteiger partial charge in [-0.05, 0) is 25.8 Å². The number of fused-ring (bicyclic) bond motifs is 1. The van der Waals surface area contributed by atoms with Crippen molar-refractivity contribution in [1.29, 1.82) is 0 Å². The van der Waals surface area contributed by atoms with E-state index < -0.39 is 0 Å². The van der Waals surface area contributed by atoms with Gasteiger partial charge in [0.15, 0.2) is 0 Å². The largest absolute Gasteiger partial charge is 0.400 e. The van der Waals surface area contributed by atoms with E-state index >= 15 is 0 Å². The standard InChI is InChI=1S/C12H14ClN3.CH4O/c1-8-14-11(13)10-6-7-16(12(10)15-8)9-4-2-3-5-9;1-2/h6-7,9H,2-5H2,1H3;2H,1H3. The number of rotatable bonds is 1. The molecule has 2 aromatic heterocycles. The van der Waals surface area contributed by atoms with Crippen LogP contribution in [0.15, 0.2) is 12.3 Å². The lowest BCUT2D eigenvalue weighted by atomic mass is 10.2. The first-order valence-electron chi connectivity index (χ1n) is 6.21. The van der Waals surface area contributed by atoms with Crippen LogP contribution in [0.1, 0.15) is 37.5 Å². The fourth-order valence-corrected chi connectivity index (χ4v) is 2.85. The molecular weight excluding hydrogens is 250 g/mol. The molecule has 0 bridgehead atoms. The summed E-state index contributed by atoms with van der Waals surface area (Å²) in [4.78, 5) is 8.69. The lowest BCUT2D eigenvalue weighted by molar-refractivity contribution is 0.399. The first-order valence-corrected chi connectivity index (χ1v) is 6.59. The third-order valence-corrected chi connectivity index (χ3v) is 3.64. The summed E-state index contributed by atoms with van der Waals surface area (Å²) in [5.41, 5.74) is 0.990. The van der Waals surface area contributed by atoms with E-state index in [2.05, 4.69) is 20.7 Å². The summed E-state index contributed by atoms with van der Waals surface area (Å²) >= 11 is 6.12. The predicted molar refractivity (Wildman–Crippen MR) is 72.9 cm³/mol. The molecule has 1 fully saturated rings. The van der Waals surface area contributed by atoms with E-state index in [0.29, 0.717) is 11.2 Å². The van der Waals surface area contributed by atoms with Crippen molar-refractivity contribution in [3.05, 3.63) is 23.2 Å². The number of aliphatic hydroxyl groups is 1. The molecular formula is C13H18ClN3O. The summed E-state index contributed by atoms with van der Waals surface area (Å²) in [5, 5.41) is 8.54. The molecule has 1 aliphatic rings. The highest BCUT2D eigenvalue weighted by molar-refractivity contribution is 6.33. The summed E-state index contributed by atoms with van der Waals surface area (Å²) in [5.74, 6) is 0.746. The van der Waals surface area contributed by atoms with Gasteiger partial charge in [0.25, 0.3) is 0 Å². The highest BCUT2D eigenvalue weighted by Gasteiger charge is 2.19. The summed E-state index contributed by atoms with van der Waals surface area (Å²) < 4.78 is 2.27. The summed E-state index contributed by atoms with van der Waals surface area (Å²) in [6.07, 6.45) is 7.25. The Labute approximate surface area is 112 Å². The van der Waals surface area contributed by atoms with Crippen molar-refractivity contribution in [2.24, 2.45) is 0 Å². The van der Waals surface area contributed by atoms with Crippen LogP contribution in [0.25, 0.3) is 11.0 Å². The predicted octanol–water partition coefficient (Wildman–Crippen LogP) is 3.12. The lowest BCUT2D eigenvalue weighted by Crippen LogP contribution is -2.04. The van der Waals surface area contributed by atoms with Gasteiger partial charge in [0.2, 0.25) is 0 Å². The second kappa shape index (κ2) is 5.67. The zero-order valence-electron chi connectivity index (χ0n) is 10.7. The Balaban J connectivity index is 0.000000574. The zero-order chi connectivity index (χ0) is 13.1. The van der Waals surface area contributed by atoms with Gasteiger partial charge in [0.05, 0.1) is 5.39 Å². The summed E-state index contributed by atoms with van der Waals surface area (Å²) in [6, 6.07) is 2.62. The summed E-state index contributed by atoms with van der Waals surface area (Å²) in [7, 11) is 1.00. The first kappa shape index (κ1) is 13.3. The maximum Gasteiger partial charge on any atom is 0.145 e. The molecule has 0 unspecified atom stereocenters. The third-order valence-electron chi connectivity index (χ3n) is 3.36. The van der Waals surface area contributed by atoms with Gasteiger partial charge in [-0.2, -0.15) is 0 Å². The molecule has 0 aliphatic heterocycles. The Hall–Kier alpha value is -1.13. The Kier molecular flexibility index (Phi) is 4.19. The second-order valence-electron chi connectivity index (χ2n) is 4.46. The van der Waals surface area contributed by atoms with Gasteiger partial charge >= 0.3 is 0 Å². The Morgan fingerprint density at radius 3 is 2.61 bits per heavy atom. The van der Waals surface area contributed by atoms with Gasteiger partial charge in [-0.1, -0.05) is 24.4 Å². The van der Waals surface area contributed by atoms with Crippen LogP contribution in [0.5, 0.6) is 0 Å². The van der Waals surface area contributed by atoms with Crippen LogP contribution in [-0.4, -0.2) is 26.8 Å². The molecule has 3 rings (SSSR count). The third kappa shape index (κ3) is 2.35. The van der Waals surface area contributed by atoms with Gasteiger partial charge < -0.3 is 9.67 Å². The quantitative estimate of drug-likeness (QED) is 0.808. The fraction of sp³-hybridized carbons (Fsp3) is 0.538. The normalized spacial score (nSPS) is 15.8. The number of hydrogen-bond acceptors (Lipinski definition) is 3. The average molecular weight is 268 g/mol. The lowest BCUT2D eigenvalue weighted by Gasteiger charge is -2.12. The van der Waals surface area contributed by atoms with Crippen molar-refractivity contribution in [3.8, 4) is 0 Å². The van der Waals surface area contributed by atoms with E-state index in [1.165, 1.54) is 25.7 Å². The van der Waals surface area contributed by atoms with Crippen LogP contribution in [0.4, 0.5) is 0 Å². The maximum absolute atomic E-state index is 7.00. The number of halogens is 1. The van der Waals surface area contributed by atoms with Crippen molar-refractivity contribution < 1.29 is 5.11 Å². The van der Waals surface area contributed by atoms with Crippen LogP contribution >= 0.6 is 11.6 Å². The Morgan fingerprint density at radius 2 is 1.94 bits per heavy atom. The van der Waals surface area contributed by atoms with Crippen molar-refractivity contribution in [2.45, 2.75) is 38.6 Å². The van der Waals surface area contributed by atoms with Gasteiger partial charge in [0.1, 0.15) is 16.6 Å². The molecule has 0 aromatic carbocycles. The number of aromatic nitrogens is 3. The van der Waals surface area contributed by atoms with E-state index in [4.69, 9.17) is 16.7 Å². The molecule has 1 aliphatic carbocycles. The van der Waals surface area contributed by atoms with Gasteiger partial charge in [-0.25, -0.2) is 9.97 Å². The molecule has 1 N–H and O–H groups in total. The van der Waals surface area contributed by atoms with Gasteiger partial charge in [-0.3, -0.25) is 0 Å². The minimum absolute atomic E-state index is 0.569. The zero-order valence-corrected chi connectivity index (χ0v) is 11.5. The van der Waals surface area contributed by atoms with Gasteiger partial charge in [0, 0.05) is 19.3 Å². The summed E-state index contributed by atoms with van der Waals surface area (Å²) in [6.45, 7) is 1.89. The van der Waals surface area contributed by atoms with Crippen molar-refractivity contribution in [1.82, 2.24) is 14.5 Å². The molecule has 0 atom stereocenters. The molecule has 4 nitrogen and oxygen atoms in total. The molecule has 2 aromatic rings. The molecule has 2 heterocycles. The fourth-order valence-electron chi connectivity index (χ4n) is 2.58. The van der Waals surface area contributed by atoms with Crippen molar-refractivity contribution >= 4 is 22.6 Å². The first-order chi connectivity index (χ1) is 8.75. The van der Waals surface area contributed by atoms with Crippen molar-refractivity contribution in [2.75, 3.05) is 7.11 Å². The molecule has 98 valence electrons. The van der Waals surface area contributed by atoms with E-state index in [9.17, 15) is 0 Å². The van der Waals surface area contributed by atoms with Crippen LogP contribution in [-0.2, 0) is 0 Å². The number of aliphatic hydroxyl groups excluding tert-OH is 1. The van der Waals surface area contributed by atoms with E-state index in [1.54, 1.807) is 0 Å². The molecule has 18 heavy (non-hydrogen) atoms. The van der Waals surface area contributed by atoms with Crippen LogP contribution in [0, 0.1) is 6.92 Å². The van der Waals surface area contributed by atoms with Gasteiger partial charge in [-0.15, -0.1) is 0 Å². The molecule has 5 heteroatoms. The van der Waals surface area contributed by atoms with Crippen LogP contribution in [0.2, 0.25) is 5.15 Å². The SMILES string of the molecule is CO.Cc1nc(Cl)c2ccn(C3CCCC3)c2n1. The molecule has 0 saturated heterocycles. The average Bonchev–Trinajstić information content (AvgIpc) is 2.98. The molecule has 0 spiro atoms. The number of aryl methyl sites for hydroxylation is 1. The van der Waals surface area contributed by atoms with E-state index in [1.807, 2.05) is 13.0 Å². The smallest absolute Gasteiger partial charge is 0.145 e. The minimum atomic E-state index is 0.569. The minimum Gasteiger partial charge on any atom is -0.400 e. The highest BCUT2D eigenvalue weighted by Crippen LogP contribution is 2.33. The Bertz CT molecular complexity index is 532. The number of hydrogen-bond donors (Lipinski definition) is 1. The van der Waals surface area contributed by atoms with E-state index in [-0.39, 0.29) is 0 Å². The number of nitrogens with zero attached hydrogens (tertiary/aromatic N) is 3. The molecule has 0 amide bonds. The van der Waals surface area contributed by atoms with Crippen LogP contribution in [0.3, 0.4) is 0 Å². The highest BCUT2D eigenvalue weighted by atomic mass is 35.5. The monoisotopic (exact) mass is 267 g/mol. The maximum atomic E-state index is 7.00. The molecule has 0 radical (unpaired) electrons. The Morgan fingerprint density at radius 1 is 1.28 bits per heavy atom. The van der Waals surface area contributed by atoms with E-state index in [0.717, 1.165) is 24.0 Å². The molecule has 1 saturated carbocycles. The van der Waals surface area contributed by atoms with Crippen LogP contribution < -0.4 is 0 Å². The topological polar surface area (TPSA) is 50.9 Å². The van der Waals surface area contributed by atoms with Crippen molar-refractivity contribution in [3.63, 3.8) is 0 Å².